The summed E-state index contributed by atoms with van der Waals surface area (Å²) in [4.78, 5) is 16.7. The Labute approximate surface area is 163 Å². The number of benzene rings is 3. The zero-order chi connectivity index (χ0) is 19.5. The summed E-state index contributed by atoms with van der Waals surface area (Å²) in [5, 5.41) is 2.83. The van der Waals surface area contributed by atoms with E-state index in [0.29, 0.717) is 28.4 Å². The molecule has 5 nitrogen and oxygen atoms in total. The first kappa shape index (κ1) is 17.8. The highest BCUT2D eigenvalue weighted by molar-refractivity contribution is 5.94. The molecule has 0 aliphatic carbocycles. The summed E-state index contributed by atoms with van der Waals surface area (Å²) in [7, 11) is 0. The van der Waals surface area contributed by atoms with Crippen LogP contribution in [0.4, 0.5) is 5.69 Å². The van der Waals surface area contributed by atoms with Crippen LogP contribution in [0.3, 0.4) is 0 Å². The van der Waals surface area contributed by atoms with E-state index in [4.69, 9.17) is 9.15 Å². The van der Waals surface area contributed by atoms with Crippen LogP contribution in [0.15, 0.2) is 71.1 Å². The molecule has 0 atom stereocenters. The van der Waals surface area contributed by atoms with E-state index in [-0.39, 0.29) is 12.5 Å². The van der Waals surface area contributed by atoms with E-state index in [1.807, 2.05) is 62.4 Å². The minimum Gasteiger partial charge on any atom is -0.484 e. The predicted octanol–water partition coefficient (Wildman–Crippen LogP) is 5.13. The lowest BCUT2D eigenvalue weighted by molar-refractivity contribution is -0.118. The number of aromatic nitrogens is 1. The van der Waals surface area contributed by atoms with Gasteiger partial charge in [0.05, 0.1) is 0 Å². The number of ether oxygens (including phenoxy) is 1. The van der Waals surface area contributed by atoms with Crippen molar-refractivity contribution in [2.24, 2.45) is 0 Å². The number of hydrogen-bond acceptors (Lipinski definition) is 4. The SMILES string of the molecule is Cc1cccc(OCC(=O)Nc2ccc3oc(-c4cccc(C)c4)nc3c2)c1. The largest absolute Gasteiger partial charge is 0.484 e. The van der Waals surface area contributed by atoms with Gasteiger partial charge in [0, 0.05) is 11.3 Å². The normalized spacial score (nSPS) is 10.8. The van der Waals surface area contributed by atoms with Gasteiger partial charge in [-0.25, -0.2) is 4.98 Å². The Morgan fingerprint density at radius 1 is 1.00 bits per heavy atom. The van der Waals surface area contributed by atoms with E-state index in [0.717, 1.165) is 16.7 Å². The Hall–Kier alpha value is -3.60. The number of hydrogen-bond donors (Lipinski definition) is 1. The van der Waals surface area contributed by atoms with E-state index in [1.165, 1.54) is 0 Å². The lowest BCUT2D eigenvalue weighted by atomic mass is 10.1. The minimum absolute atomic E-state index is 0.0607. The molecule has 0 spiro atoms. The maximum atomic E-state index is 12.2. The predicted molar refractivity (Wildman–Crippen MR) is 109 cm³/mol. The number of nitrogens with zero attached hydrogens (tertiary/aromatic N) is 1. The van der Waals surface area contributed by atoms with Gasteiger partial charge in [0.25, 0.3) is 5.91 Å². The smallest absolute Gasteiger partial charge is 0.262 e. The van der Waals surface area contributed by atoms with Gasteiger partial charge in [-0.1, -0.05) is 29.8 Å². The van der Waals surface area contributed by atoms with Gasteiger partial charge >= 0.3 is 0 Å². The van der Waals surface area contributed by atoms with Gasteiger partial charge in [-0.3, -0.25) is 4.79 Å². The number of fused-ring (bicyclic) bond motifs is 1. The van der Waals surface area contributed by atoms with Crippen molar-refractivity contribution in [1.29, 1.82) is 0 Å². The molecule has 1 heterocycles. The van der Waals surface area contributed by atoms with Crippen molar-refractivity contribution in [3.8, 4) is 17.2 Å². The zero-order valence-corrected chi connectivity index (χ0v) is 15.7. The molecule has 4 rings (SSSR count). The molecule has 1 aromatic heterocycles. The van der Waals surface area contributed by atoms with Crippen LogP contribution < -0.4 is 10.1 Å². The third-order valence-electron chi connectivity index (χ3n) is 4.30. The number of rotatable bonds is 5. The number of oxazole rings is 1. The molecule has 5 heteroatoms. The molecule has 1 amide bonds. The monoisotopic (exact) mass is 372 g/mol. The van der Waals surface area contributed by atoms with Crippen molar-refractivity contribution in [3.05, 3.63) is 77.9 Å². The summed E-state index contributed by atoms with van der Waals surface area (Å²) in [6, 6.07) is 21.0. The number of anilines is 1. The molecular formula is C23H20N2O3. The van der Waals surface area contributed by atoms with Gasteiger partial charge < -0.3 is 14.5 Å². The highest BCUT2D eigenvalue weighted by atomic mass is 16.5. The third kappa shape index (κ3) is 4.04. The molecule has 0 aliphatic heterocycles. The molecule has 28 heavy (non-hydrogen) atoms. The summed E-state index contributed by atoms with van der Waals surface area (Å²) in [6.07, 6.45) is 0. The van der Waals surface area contributed by atoms with Gasteiger partial charge in [0.15, 0.2) is 12.2 Å². The Morgan fingerprint density at radius 3 is 2.57 bits per heavy atom. The number of amides is 1. The molecule has 4 aromatic rings. The van der Waals surface area contributed by atoms with Gasteiger partial charge in [-0.2, -0.15) is 0 Å². The number of carbonyl (C=O) groups excluding carboxylic acids is 1. The van der Waals surface area contributed by atoms with Crippen LogP contribution in [-0.2, 0) is 4.79 Å². The Morgan fingerprint density at radius 2 is 1.79 bits per heavy atom. The van der Waals surface area contributed by atoms with Crippen molar-refractivity contribution in [2.45, 2.75) is 13.8 Å². The van der Waals surface area contributed by atoms with Crippen LogP contribution in [-0.4, -0.2) is 17.5 Å². The second kappa shape index (κ2) is 7.56. The highest BCUT2D eigenvalue weighted by Gasteiger charge is 2.10. The van der Waals surface area contributed by atoms with Crippen LogP contribution in [0.2, 0.25) is 0 Å². The van der Waals surface area contributed by atoms with Crippen molar-refractivity contribution in [1.82, 2.24) is 4.98 Å². The van der Waals surface area contributed by atoms with Crippen LogP contribution in [0, 0.1) is 13.8 Å². The Kier molecular flexibility index (Phi) is 4.81. The summed E-state index contributed by atoms with van der Waals surface area (Å²) < 4.78 is 11.4. The average Bonchev–Trinajstić information content (AvgIpc) is 3.10. The van der Waals surface area contributed by atoms with Crippen LogP contribution in [0.1, 0.15) is 11.1 Å². The molecule has 0 bridgehead atoms. The molecule has 0 unspecified atom stereocenters. The maximum Gasteiger partial charge on any atom is 0.262 e. The number of nitrogens with one attached hydrogen (secondary N) is 1. The fourth-order valence-corrected chi connectivity index (χ4v) is 2.96. The first-order chi connectivity index (χ1) is 13.6. The lowest BCUT2D eigenvalue weighted by Crippen LogP contribution is -2.20. The van der Waals surface area contributed by atoms with Gasteiger partial charge in [-0.15, -0.1) is 0 Å². The minimum atomic E-state index is -0.233. The summed E-state index contributed by atoms with van der Waals surface area (Å²) >= 11 is 0. The van der Waals surface area contributed by atoms with Gasteiger partial charge in [-0.05, 0) is 61.9 Å². The van der Waals surface area contributed by atoms with Crippen molar-refractivity contribution < 1.29 is 13.9 Å². The lowest BCUT2D eigenvalue weighted by Gasteiger charge is -2.08. The van der Waals surface area contributed by atoms with E-state index in [9.17, 15) is 4.79 Å². The average molecular weight is 372 g/mol. The summed E-state index contributed by atoms with van der Waals surface area (Å²) in [5.41, 5.74) is 5.15. The quantitative estimate of drug-likeness (QED) is 0.527. The molecule has 0 saturated carbocycles. The molecule has 0 fully saturated rings. The second-order valence-corrected chi connectivity index (χ2v) is 6.72. The molecule has 0 radical (unpaired) electrons. The third-order valence-corrected chi connectivity index (χ3v) is 4.30. The molecule has 0 saturated heterocycles. The molecule has 3 aromatic carbocycles. The first-order valence-corrected chi connectivity index (χ1v) is 9.04. The first-order valence-electron chi connectivity index (χ1n) is 9.04. The van der Waals surface area contributed by atoms with Crippen LogP contribution >= 0.6 is 0 Å². The van der Waals surface area contributed by atoms with Gasteiger partial charge in [0.1, 0.15) is 11.3 Å². The summed E-state index contributed by atoms with van der Waals surface area (Å²) in [5.74, 6) is 0.998. The van der Waals surface area contributed by atoms with Gasteiger partial charge in [0.2, 0.25) is 5.89 Å². The molecule has 140 valence electrons. The van der Waals surface area contributed by atoms with E-state index >= 15 is 0 Å². The zero-order valence-electron chi connectivity index (χ0n) is 15.7. The van der Waals surface area contributed by atoms with E-state index in [1.54, 1.807) is 18.2 Å². The Balaban J connectivity index is 1.46. The molecule has 1 N–H and O–H groups in total. The number of carbonyl (C=O) groups is 1. The molecular weight excluding hydrogens is 352 g/mol. The second-order valence-electron chi connectivity index (χ2n) is 6.72. The van der Waals surface area contributed by atoms with Crippen molar-refractivity contribution >= 4 is 22.7 Å². The highest BCUT2D eigenvalue weighted by Crippen LogP contribution is 2.26. The summed E-state index contributed by atoms with van der Waals surface area (Å²) in [6.45, 7) is 3.94. The van der Waals surface area contributed by atoms with Crippen LogP contribution in [0.5, 0.6) is 5.75 Å². The van der Waals surface area contributed by atoms with E-state index in [2.05, 4.69) is 10.3 Å². The Bertz CT molecular complexity index is 1150. The maximum absolute atomic E-state index is 12.2. The standard InChI is InChI=1S/C23H20N2O3/c1-15-5-3-7-17(11-15)23-25-20-13-18(9-10-21(20)28-23)24-22(26)14-27-19-8-4-6-16(2)12-19/h3-13H,14H2,1-2H3,(H,24,26). The fraction of sp³-hybridized carbons (Fsp3) is 0.130. The molecule has 0 aliphatic rings. The van der Waals surface area contributed by atoms with E-state index < -0.39 is 0 Å². The van der Waals surface area contributed by atoms with Crippen molar-refractivity contribution in [2.75, 3.05) is 11.9 Å². The fourth-order valence-electron chi connectivity index (χ4n) is 2.96. The number of aryl methyl sites for hydroxylation is 2. The topological polar surface area (TPSA) is 64.4 Å². The van der Waals surface area contributed by atoms with Crippen molar-refractivity contribution in [3.63, 3.8) is 0 Å². The van der Waals surface area contributed by atoms with Crippen LogP contribution in [0.25, 0.3) is 22.6 Å².